The minimum atomic E-state index is 0.377. The van der Waals surface area contributed by atoms with E-state index in [0.29, 0.717) is 10.4 Å². The van der Waals surface area contributed by atoms with E-state index in [1.165, 1.54) is 12.4 Å². The first-order chi connectivity index (χ1) is 3.79. The summed E-state index contributed by atoms with van der Waals surface area (Å²) in [6, 6.07) is 0. The molecule has 0 unspecified atom stereocenters. The Hall–Kier alpha value is -1.32. The fourth-order valence-corrected chi connectivity index (χ4v) is 0.399. The van der Waals surface area contributed by atoms with Crippen molar-refractivity contribution in [3.63, 3.8) is 0 Å². The predicted molar refractivity (Wildman–Crippen MR) is 27.6 cm³/mol. The molecular formula is C4H5N3O. The predicted octanol–water partition coefficient (Wildman–Crippen LogP) is -0.703. The molecule has 1 heterocycles. The first-order valence-corrected chi connectivity index (χ1v) is 2.08. The lowest BCUT2D eigenvalue weighted by Gasteiger charge is -1.95. The third-order valence-corrected chi connectivity index (χ3v) is 0.680. The minimum absolute atomic E-state index is 0.377. The van der Waals surface area contributed by atoms with Crippen LogP contribution in [0.5, 0.6) is 0 Å². The summed E-state index contributed by atoms with van der Waals surface area (Å²) >= 11 is 0. The number of hydrogen-bond acceptors (Lipinski definition) is 3. The number of anilines is 1. The molecule has 0 fully saturated rings. The monoisotopic (exact) mass is 111 g/mol. The summed E-state index contributed by atoms with van der Waals surface area (Å²) in [6.07, 6.45) is 3.79. The molecule has 0 amide bonds. The van der Waals surface area contributed by atoms with Gasteiger partial charge in [-0.15, -0.1) is 0 Å². The van der Waals surface area contributed by atoms with Crippen LogP contribution in [-0.4, -0.2) is 4.98 Å². The Balaban J connectivity index is 3.08. The highest BCUT2D eigenvalue weighted by molar-refractivity contribution is 5.27. The Kier molecular flexibility index (Phi) is 0.997. The number of hydrogen-bond donors (Lipinski definition) is 1. The number of nitrogen functional groups attached to an aromatic ring is 1. The molecule has 1 aromatic heterocycles. The van der Waals surface area contributed by atoms with Crippen LogP contribution in [0.25, 0.3) is 0 Å². The van der Waals surface area contributed by atoms with Crippen LogP contribution < -0.4 is 10.5 Å². The first-order valence-electron chi connectivity index (χ1n) is 2.08. The molecule has 0 saturated carbocycles. The second-order valence-electron chi connectivity index (χ2n) is 1.38. The third kappa shape index (κ3) is 0.841. The van der Waals surface area contributed by atoms with E-state index in [0.717, 1.165) is 6.33 Å². The van der Waals surface area contributed by atoms with E-state index in [1.807, 2.05) is 0 Å². The molecular weight excluding hydrogens is 106 g/mol. The molecule has 0 aromatic carbocycles. The van der Waals surface area contributed by atoms with Crippen LogP contribution in [0.15, 0.2) is 18.7 Å². The number of nitrogens with two attached hydrogens (primary N) is 1. The summed E-state index contributed by atoms with van der Waals surface area (Å²) in [6.45, 7) is 0. The van der Waals surface area contributed by atoms with Gasteiger partial charge in [0.25, 0.3) is 6.33 Å². The molecule has 8 heavy (non-hydrogen) atoms. The van der Waals surface area contributed by atoms with Crippen LogP contribution in [0.1, 0.15) is 0 Å². The van der Waals surface area contributed by atoms with Crippen molar-refractivity contribution >= 4 is 5.69 Å². The molecule has 0 aliphatic rings. The van der Waals surface area contributed by atoms with E-state index in [4.69, 9.17) is 5.73 Å². The summed E-state index contributed by atoms with van der Waals surface area (Å²) in [7, 11) is 0. The highest BCUT2D eigenvalue weighted by atomic mass is 16.5. The Labute approximate surface area is 46.2 Å². The SMILES string of the molecule is Nc1cnc[n+]([O-])c1. The van der Waals surface area contributed by atoms with Crippen molar-refractivity contribution in [2.75, 3.05) is 5.73 Å². The summed E-state index contributed by atoms with van der Waals surface area (Å²) in [5, 5.41) is 10.3. The van der Waals surface area contributed by atoms with Gasteiger partial charge in [-0.25, -0.2) is 4.73 Å². The molecule has 0 saturated heterocycles. The second kappa shape index (κ2) is 1.65. The zero-order chi connectivity index (χ0) is 5.98. The van der Waals surface area contributed by atoms with E-state index in [2.05, 4.69) is 4.98 Å². The maximum atomic E-state index is 10.3. The van der Waals surface area contributed by atoms with Gasteiger partial charge in [-0.3, -0.25) is 0 Å². The van der Waals surface area contributed by atoms with Gasteiger partial charge in [0.2, 0.25) is 0 Å². The van der Waals surface area contributed by atoms with Crippen molar-refractivity contribution in [3.8, 4) is 0 Å². The van der Waals surface area contributed by atoms with Gasteiger partial charge >= 0.3 is 0 Å². The van der Waals surface area contributed by atoms with Crippen LogP contribution in [0.3, 0.4) is 0 Å². The molecule has 0 aliphatic carbocycles. The van der Waals surface area contributed by atoms with Crippen molar-refractivity contribution in [3.05, 3.63) is 23.9 Å². The average molecular weight is 111 g/mol. The van der Waals surface area contributed by atoms with Gasteiger partial charge < -0.3 is 10.9 Å². The largest absolute Gasteiger partial charge is 0.711 e. The smallest absolute Gasteiger partial charge is 0.289 e. The Morgan fingerprint density at radius 2 is 2.50 bits per heavy atom. The van der Waals surface area contributed by atoms with Crippen LogP contribution in [-0.2, 0) is 0 Å². The third-order valence-electron chi connectivity index (χ3n) is 0.680. The molecule has 0 aliphatic heterocycles. The minimum Gasteiger partial charge on any atom is -0.711 e. The van der Waals surface area contributed by atoms with Gasteiger partial charge in [0, 0.05) is 0 Å². The van der Waals surface area contributed by atoms with Gasteiger partial charge in [0.15, 0.2) is 6.20 Å². The van der Waals surface area contributed by atoms with Crippen molar-refractivity contribution in [2.24, 2.45) is 0 Å². The molecule has 1 rings (SSSR count). The standard InChI is InChI=1S/C4H5N3O/c5-4-1-6-3-7(8)2-4/h1-3H,5H2. The molecule has 4 nitrogen and oxygen atoms in total. The van der Waals surface area contributed by atoms with E-state index in [9.17, 15) is 5.21 Å². The Morgan fingerprint density at radius 1 is 1.75 bits per heavy atom. The fourth-order valence-electron chi connectivity index (χ4n) is 0.399. The molecule has 0 bridgehead atoms. The van der Waals surface area contributed by atoms with Crippen molar-refractivity contribution in [2.45, 2.75) is 0 Å². The van der Waals surface area contributed by atoms with E-state index < -0.39 is 0 Å². The summed E-state index contributed by atoms with van der Waals surface area (Å²) in [5.41, 5.74) is 5.55. The zero-order valence-corrected chi connectivity index (χ0v) is 4.11. The van der Waals surface area contributed by atoms with Crippen LogP contribution in [0.4, 0.5) is 5.69 Å². The molecule has 0 spiro atoms. The lowest BCUT2D eigenvalue weighted by molar-refractivity contribution is -0.608. The van der Waals surface area contributed by atoms with Crippen molar-refractivity contribution < 1.29 is 4.73 Å². The molecule has 4 heteroatoms. The maximum absolute atomic E-state index is 10.3. The average Bonchev–Trinajstić information content (AvgIpc) is 1.64. The van der Waals surface area contributed by atoms with Gasteiger partial charge in [-0.1, -0.05) is 4.98 Å². The summed E-state index contributed by atoms with van der Waals surface area (Å²) in [4.78, 5) is 3.51. The van der Waals surface area contributed by atoms with Gasteiger partial charge in [-0.05, 0) is 0 Å². The maximum Gasteiger partial charge on any atom is 0.289 e. The molecule has 0 radical (unpaired) electrons. The molecule has 2 N–H and O–H groups in total. The topological polar surface area (TPSA) is 65.8 Å². The van der Waals surface area contributed by atoms with Crippen molar-refractivity contribution in [1.82, 2.24) is 4.98 Å². The Bertz CT molecular complexity index is 171. The lowest BCUT2D eigenvalue weighted by atomic mass is 10.6. The number of rotatable bonds is 0. The van der Waals surface area contributed by atoms with E-state index in [1.54, 1.807) is 0 Å². The normalized spacial score (nSPS) is 9.00. The zero-order valence-electron chi connectivity index (χ0n) is 4.11. The number of aromatic nitrogens is 2. The van der Waals surface area contributed by atoms with E-state index in [-0.39, 0.29) is 0 Å². The van der Waals surface area contributed by atoms with Crippen LogP contribution in [0.2, 0.25) is 0 Å². The van der Waals surface area contributed by atoms with Gasteiger partial charge in [0.05, 0.1) is 0 Å². The van der Waals surface area contributed by atoms with Gasteiger partial charge in [-0.2, -0.15) is 0 Å². The first kappa shape index (κ1) is 4.83. The molecule has 1 aromatic rings. The van der Waals surface area contributed by atoms with E-state index >= 15 is 0 Å². The number of nitrogens with zero attached hydrogens (tertiary/aromatic N) is 2. The van der Waals surface area contributed by atoms with Crippen molar-refractivity contribution in [1.29, 1.82) is 0 Å². The second-order valence-corrected chi connectivity index (χ2v) is 1.38. The molecule has 0 atom stereocenters. The Morgan fingerprint density at radius 3 is 2.88 bits per heavy atom. The van der Waals surface area contributed by atoms with Crippen LogP contribution >= 0.6 is 0 Å². The lowest BCUT2D eigenvalue weighted by Crippen LogP contribution is -2.25. The summed E-state index contributed by atoms with van der Waals surface area (Å²) < 4.78 is 0.551. The fraction of sp³-hybridized carbons (Fsp3) is 0. The highest BCUT2D eigenvalue weighted by Gasteiger charge is 1.87. The van der Waals surface area contributed by atoms with Crippen LogP contribution in [0, 0.1) is 5.21 Å². The van der Waals surface area contributed by atoms with Gasteiger partial charge in [0.1, 0.15) is 11.9 Å². The highest BCUT2D eigenvalue weighted by Crippen LogP contribution is 1.87. The summed E-state index contributed by atoms with van der Waals surface area (Å²) in [5.74, 6) is 0. The quantitative estimate of drug-likeness (QED) is 0.355. The molecule has 42 valence electrons.